The Bertz CT molecular complexity index is 542. The Hall–Kier alpha value is -1.04. The zero-order valence-corrected chi connectivity index (χ0v) is 15.6. The van der Waals surface area contributed by atoms with Crippen LogP contribution < -0.4 is 5.32 Å². The minimum absolute atomic E-state index is 0.108. The number of methoxy groups -OCH3 is 1. The molecule has 0 amide bonds. The van der Waals surface area contributed by atoms with Crippen LogP contribution in [0.25, 0.3) is 0 Å². The first-order chi connectivity index (χ1) is 10.9. The molecule has 0 bridgehead atoms. The van der Waals surface area contributed by atoms with Crippen LogP contribution in [0.5, 0.6) is 0 Å². The van der Waals surface area contributed by atoms with Crippen molar-refractivity contribution in [2.45, 2.75) is 47.0 Å². The Kier molecular flexibility index (Phi) is 6.50. The molecule has 0 aromatic heterocycles. The van der Waals surface area contributed by atoms with Gasteiger partial charge in [-0.25, -0.2) is 0 Å². The smallest absolute Gasteiger partial charge is 0.237 e. The van der Waals surface area contributed by atoms with Crippen LogP contribution in [0.1, 0.15) is 40.5 Å². The summed E-state index contributed by atoms with van der Waals surface area (Å²) in [6.07, 6.45) is 7.73. The number of allylic oxidation sites excluding steroid dienone is 3. The third-order valence-corrected chi connectivity index (χ3v) is 4.58. The molecule has 1 atom stereocenters. The summed E-state index contributed by atoms with van der Waals surface area (Å²) in [5.74, 6) is 0.962. The second-order valence-corrected chi connectivity index (χ2v) is 8.09. The van der Waals surface area contributed by atoms with Gasteiger partial charge in [-0.3, -0.25) is 4.99 Å². The Balaban J connectivity index is 2.06. The maximum atomic E-state index is 5.85. The van der Waals surface area contributed by atoms with Crippen molar-refractivity contribution in [3.05, 3.63) is 34.0 Å². The molecule has 1 aliphatic heterocycles. The number of fused-ring (bicyclic) bond motifs is 1. The molecule has 0 saturated carbocycles. The zero-order valence-electron chi connectivity index (χ0n) is 14.8. The molecule has 23 heavy (non-hydrogen) atoms. The van der Waals surface area contributed by atoms with Crippen LogP contribution in [0.3, 0.4) is 0 Å². The Morgan fingerprint density at radius 1 is 1.30 bits per heavy atom. The number of nitrogens with zero attached hydrogens (tertiary/aromatic N) is 1. The minimum atomic E-state index is -0.426. The van der Waals surface area contributed by atoms with E-state index in [2.05, 4.69) is 50.2 Å². The van der Waals surface area contributed by atoms with E-state index in [1.54, 1.807) is 7.11 Å². The van der Waals surface area contributed by atoms with Gasteiger partial charge in [-0.1, -0.05) is 38.5 Å². The van der Waals surface area contributed by atoms with Gasteiger partial charge in [0.1, 0.15) is 0 Å². The normalized spacial score (nSPS) is 27.9. The summed E-state index contributed by atoms with van der Waals surface area (Å²) < 4.78 is 11.3. The summed E-state index contributed by atoms with van der Waals surface area (Å²) in [6, 6.07) is 0. The van der Waals surface area contributed by atoms with Gasteiger partial charge in [0.05, 0.1) is 12.3 Å². The average Bonchev–Trinajstić information content (AvgIpc) is 2.50. The first-order valence-corrected chi connectivity index (χ1v) is 9.03. The molecule has 1 unspecified atom stereocenters. The third kappa shape index (κ3) is 5.83. The molecule has 1 N–H and O–H groups in total. The molecule has 128 valence electrons. The van der Waals surface area contributed by atoms with Crippen LogP contribution in [-0.4, -0.2) is 32.1 Å². The van der Waals surface area contributed by atoms with Gasteiger partial charge in [0.2, 0.25) is 6.41 Å². The molecule has 0 spiro atoms. The lowest BCUT2D eigenvalue weighted by molar-refractivity contribution is -0.153. The van der Waals surface area contributed by atoms with Crippen LogP contribution in [0.4, 0.5) is 0 Å². The third-order valence-electron chi connectivity index (χ3n) is 3.58. The van der Waals surface area contributed by atoms with E-state index in [0.29, 0.717) is 6.61 Å². The topological polar surface area (TPSA) is 42.8 Å². The van der Waals surface area contributed by atoms with Gasteiger partial charge in [-0.2, -0.15) is 0 Å². The number of hydrogen-bond donors (Lipinski definition) is 1. The van der Waals surface area contributed by atoms with Gasteiger partial charge >= 0.3 is 0 Å². The van der Waals surface area contributed by atoms with E-state index in [4.69, 9.17) is 9.47 Å². The van der Waals surface area contributed by atoms with Crippen molar-refractivity contribution in [2.75, 3.05) is 19.5 Å². The van der Waals surface area contributed by atoms with Crippen LogP contribution in [0, 0.1) is 5.41 Å². The minimum Gasteiger partial charge on any atom is -0.341 e. The summed E-state index contributed by atoms with van der Waals surface area (Å²) in [4.78, 5) is 5.80. The van der Waals surface area contributed by atoms with E-state index in [0.717, 1.165) is 30.0 Å². The van der Waals surface area contributed by atoms with E-state index < -0.39 is 6.41 Å². The van der Waals surface area contributed by atoms with Gasteiger partial charge in [0.25, 0.3) is 0 Å². The highest BCUT2D eigenvalue weighted by Crippen LogP contribution is 2.32. The maximum Gasteiger partial charge on any atom is 0.237 e. The first-order valence-electron chi connectivity index (χ1n) is 8.04. The highest BCUT2D eigenvalue weighted by atomic mass is 32.2. The summed E-state index contributed by atoms with van der Waals surface area (Å²) in [5, 5.41) is 3.39. The standard InChI is InChI=1S/C18H28N2O2S/c1-13-6-9-16-15(19-10-11-23-16)8-7-14(13)20-17(21-5)22-12-18(2,3)4/h8-10,17,20H,6-7,11-12H2,1-5H3/b14-13+,15-8+,16-9+. The number of aliphatic imine (C=N–C) groups is 1. The summed E-state index contributed by atoms with van der Waals surface area (Å²) in [5.41, 5.74) is 3.65. The molecule has 0 radical (unpaired) electrons. The van der Waals surface area contributed by atoms with Gasteiger partial charge in [-0.05, 0) is 18.8 Å². The Labute approximate surface area is 144 Å². The van der Waals surface area contributed by atoms with E-state index in [9.17, 15) is 0 Å². The molecule has 2 rings (SSSR count). The maximum absolute atomic E-state index is 5.85. The predicted octanol–water partition coefficient (Wildman–Crippen LogP) is 4.22. The van der Waals surface area contributed by atoms with Gasteiger partial charge < -0.3 is 14.8 Å². The molecule has 0 aromatic carbocycles. The molecule has 0 aromatic rings. The van der Waals surface area contributed by atoms with Gasteiger partial charge in [-0.15, -0.1) is 11.8 Å². The van der Waals surface area contributed by atoms with Crippen molar-refractivity contribution in [3.8, 4) is 0 Å². The molecule has 0 saturated heterocycles. The monoisotopic (exact) mass is 336 g/mol. The van der Waals surface area contributed by atoms with Crippen LogP contribution in [-0.2, 0) is 9.47 Å². The van der Waals surface area contributed by atoms with Gasteiger partial charge in [0.15, 0.2) is 0 Å². The molecule has 2 aliphatic rings. The van der Waals surface area contributed by atoms with E-state index in [1.807, 2.05) is 18.0 Å². The SMILES string of the molecule is COC(N/C1=C(\C)C/C=C2/SCC=N/C2=C/C1)OCC(C)(C)C. The highest BCUT2D eigenvalue weighted by Gasteiger charge is 2.18. The molecule has 4 nitrogen and oxygen atoms in total. The van der Waals surface area contributed by atoms with Crippen molar-refractivity contribution in [1.29, 1.82) is 0 Å². The lowest BCUT2D eigenvalue weighted by Gasteiger charge is -2.26. The van der Waals surface area contributed by atoms with Crippen LogP contribution >= 0.6 is 11.8 Å². The van der Waals surface area contributed by atoms with Crippen molar-refractivity contribution in [3.63, 3.8) is 0 Å². The van der Waals surface area contributed by atoms with Crippen LogP contribution in [0.15, 0.2) is 39.0 Å². The second-order valence-electron chi connectivity index (χ2n) is 7.03. The highest BCUT2D eigenvalue weighted by molar-refractivity contribution is 8.03. The Morgan fingerprint density at radius 2 is 2.09 bits per heavy atom. The number of nitrogens with one attached hydrogen (secondary N) is 1. The van der Waals surface area contributed by atoms with Gasteiger partial charge in [0, 0.05) is 36.1 Å². The fourth-order valence-electron chi connectivity index (χ4n) is 2.28. The molecular weight excluding hydrogens is 308 g/mol. The van der Waals surface area contributed by atoms with Crippen molar-refractivity contribution < 1.29 is 9.47 Å². The second kappa shape index (κ2) is 8.18. The van der Waals surface area contributed by atoms with E-state index in [1.165, 1.54) is 10.5 Å². The van der Waals surface area contributed by atoms with Crippen molar-refractivity contribution >= 4 is 18.0 Å². The van der Waals surface area contributed by atoms with Crippen molar-refractivity contribution in [1.82, 2.24) is 5.32 Å². The lowest BCUT2D eigenvalue weighted by atomic mass is 9.99. The summed E-state index contributed by atoms with van der Waals surface area (Å²) in [7, 11) is 1.66. The fraction of sp³-hybridized carbons (Fsp3) is 0.611. The largest absolute Gasteiger partial charge is 0.341 e. The molecule has 1 aliphatic carbocycles. The van der Waals surface area contributed by atoms with Crippen molar-refractivity contribution in [2.24, 2.45) is 10.4 Å². The summed E-state index contributed by atoms with van der Waals surface area (Å²) >= 11 is 1.85. The van der Waals surface area contributed by atoms with E-state index in [-0.39, 0.29) is 5.41 Å². The van der Waals surface area contributed by atoms with Crippen LogP contribution in [0.2, 0.25) is 0 Å². The Morgan fingerprint density at radius 3 is 2.78 bits per heavy atom. The fourth-order valence-corrected chi connectivity index (χ4v) is 3.09. The lowest BCUT2D eigenvalue weighted by Crippen LogP contribution is -2.36. The first kappa shape index (κ1) is 18.3. The quantitative estimate of drug-likeness (QED) is 0.763. The number of thioether (sulfide) groups is 1. The number of hydrogen-bond acceptors (Lipinski definition) is 5. The predicted molar refractivity (Wildman–Crippen MR) is 98.4 cm³/mol. The summed E-state index contributed by atoms with van der Waals surface area (Å²) in [6.45, 7) is 9.24. The van der Waals surface area contributed by atoms with E-state index >= 15 is 0 Å². The number of ether oxygens (including phenoxy) is 2. The molecular formula is C18H28N2O2S. The average molecular weight is 337 g/mol. The molecule has 5 heteroatoms. The molecule has 1 heterocycles. The number of rotatable bonds is 5. The molecule has 0 fully saturated rings. The zero-order chi connectivity index (χ0) is 16.9.